The van der Waals surface area contributed by atoms with E-state index in [9.17, 15) is 4.79 Å². The Morgan fingerprint density at radius 1 is 1.69 bits per heavy atom. The van der Waals surface area contributed by atoms with Gasteiger partial charge in [-0.2, -0.15) is 0 Å². The van der Waals surface area contributed by atoms with Crippen molar-refractivity contribution in [3.05, 3.63) is 36.8 Å². The zero-order chi connectivity index (χ0) is 9.52. The number of unbranched alkanes of at least 4 members (excludes halogenated alkanes) is 1. The summed E-state index contributed by atoms with van der Waals surface area (Å²) in [5.41, 5.74) is 0.604. The van der Waals surface area contributed by atoms with E-state index in [1.807, 2.05) is 12.0 Å². The average Bonchev–Trinajstić information content (AvgIpc) is 2.65. The normalized spacial score (nSPS) is 9.23. The van der Waals surface area contributed by atoms with Crippen molar-refractivity contribution in [1.29, 1.82) is 0 Å². The number of allylic oxidation sites excluding steroid dienone is 2. The van der Waals surface area contributed by atoms with Crippen LogP contribution in [0, 0.1) is 0 Å². The highest BCUT2D eigenvalue weighted by Crippen LogP contribution is 2.17. The van der Waals surface area contributed by atoms with E-state index in [4.69, 9.17) is 4.42 Å². The summed E-state index contributed by atoms with van der Waals surface area (Å²) in [5.74, 6) is 2.53. The van der Waals surface area contributed by atoms with E-state index in [0.717, 1.165) is 12.8 Å². The molecule has 0 aliphatic heterocycles. The van der Waals surface area contributed by atoms with Gasteiger partial charge in [-0.25, -0.2) is 4.79 Å². The molecule has 1 rings (SSSR count). The molecule has 0 radical (unpaired) electrons. The summed E-state index contributed by atoms with van der Waals surface area (Å²) in [6.45, 7) is 3.61. The Balaban J connectivity index is 2.55. The van der Waals surface area contributed by atoms with E-state index in [1.165, 1.54) is 0 Å². The average molecular weight is 176 g/mol. The monoisotopic (exact) mass is 176 g/mol. The van der Waals surface area contributed by atoms with Crippen molar-refractivity contribution < 1.29 is 9.21 Å². The van der Waals surface area contributed by atoms with Gasteiger partial charge < -0.3 is 4.42 Å². The van der Waals surface area contributed by atoms with Crippen LogP contribution in [-0.4, -0.2) is 5.94 Å². The number of hydrogen-bond donors (Lipinski definition) is 0. The van der Waals surface area contributed by atoms with Gasteiger partial charge in [0.25, 0.3) is 0 Å². The summed E-state index contributed by atoms with van der Waals surface area (Å²) < 4.78 is 5.09. The van der Waals surface area contributed by atoms with Crippen LogP contribution in [0.1, 0.15) is 25.0 Å². The maximum absolute atomic E-state index is 10.5. The summed E-state index contributed by atoms with van der Waals surface area (Å²) in [4.78, 5) is 10.5. The number of rotatable bonds is 5. The highest BCUT2D eigenvalue weighted by molar-refractivity contribution is 5.85. The lowest BCUT2D eigenvalue weighted by molar-refractivity contribution is 0.545. The zero-order valence-electron chi connectivity index (χ0n) is 7.45. The molecule has 0 saturated heterocycles. The summed E-state index contributed by atoms with van der Waals surface area (Å²) >= 11 is 0. The third-order valence-electron chi connectivity index (χ3n) is 1.78. The summed E-state index contributed by atoms with van der Waals surface area (Å²) in [6, 6.07) is 3.54. The molecule has 0 saturated carbocycles. The molecule has 0 aliphatic carbocycles. The summed E-state index contributed by atoms with van der Waals surface area (Å²) in [5, 5.41) is 0. The molecule has 0 atom stereocenters. The van der Waals surface area contributed by atoms with Crippen LogP contribution in [0.15, 0.2) is 35.5 Å². The van der Waals surface area contributed by atoms with Crippen molar-refractivity contribution in [2.45, 2.75) is 19.3 Å². The molecule has 13 heavy (non-hydrogen) atoms. The molecule has 0 unspecified atom stereocenters. The largest absolute Gasteiger partial charge is 0.464 e. The van der Waals surface area contributed by atoms with Gasteiger partial charge in [-0.1, -0.05) is 6.08 Å². The minimum atomic E-state index is 0.604. The zero-order valence-corrected chi connectivity index (χ0v) is 7.45. The maximum atomic E-state index is 10.5. The van der Waals surface area contributed by atoms with Gasteiger partial charge in [0, 0.05) is 0 Å². The van der Waals surface area contributed by atoms with Crippen LogP contribution < -0.4 is 0 Å². The fourth-order valence-electron chi connectivity index (χ4n) is 1.10. The van der Waals surface area contributed by atoms with Crippen molar-refractivity contribution in [2.24, 2.45) is 0 Å². The molecule has 2 heteroatoms. The quantitative estimate of drug-likeness (QED) is 0.392. The molecule has 0 N–H and O–H groups in total. The SMILES string of the molecule is C=CCCCC(=C=O)c1ccco1. The molecule has 1 heterocycles. The second-order valence-electron chi connectivity index (χ2n) is 2.74. The Morgan fingerprint density at radius 2 is 2.54 bits per heavy atom. The Labute approximate surface area is 77.6 Å². The third kappa shape index (κ3) is 2.77. The molecule has 0 bridgehead atoms. The maximum Gasteiger partial charge on any atom is 0.140 e. The van der Waals surface area contributed by atoms with Crippen molar-refractivity contribution >= 4 is 11.5 Å². The van der Waals surface area contributed by atoms with Gasteiger partial charge >= 0.3 is 0 Å². The van der Waals surface area contributed by atoms with E-state index < -0.39 is 0 Å². The fourth-order valence-corrected chi connectivity index (χ4v) is 1.10. The molecule has 2 nitrogen and oxygen atoms in total. The first kappa shape index (κ1) is 9.56. The summed E-state index contributed by atoms with van der Waals surface area (Å²) in [6.07, 6.45) is 5.91. The van der Waals surface area contributed by atoms with Gasteiger partial charge in [0.2, 0.25) is 0 Å². The Morgan fingerprint density at radius 3 is 3.08 bits per heavy atom. The van der Waals surface area contributed by atoms with Crippen molar-refractivity contribution in [2.75, 3.05) is 0 Å². The first-order valence-electron chi connectivity index (χ1n) is 4.27. The van der Waals surface area contributed by atoms with Gasteiger partial charge in [0.05, 0.1) is 11.8 Å². The molecule has 0 aromatic carbocycles. The van der Waals surface area contributed by atoms with Crippen LogP contribution in [0.25, 0.3) is 5.57 Å². The molecule has 1 aromatic rings. The highest BCUT2D eigenvalue weighted by Gasteiger charge is 2.04. The minimum Gasteiger partial charge on any atom is -0.464 e. The minimum absolute atomic E-state index is 0.604. The lowest BCUT2D eigenvalue weighted by Gasteiger charge is -1.96. The van der Waals surface area contributed by atoms with E-state index in [0.29, 0.717) is 17.8 Å². The third-order valence-corrected chi connectivity index (χ3v) is 1.78. The standard InChI is InChI=1S/C11H12O2/c1-2-3-4-6-10(9-12)11-7-5-8-13-11/h2,5,7-8H,1,3-4,6H2. The van der Waals surface area contributed by atoms with Gasteiger partial charge in [0.1, 0.15) is 11.7 Å². The summed E-state index contributed by atoms with van der Waals surface area (Å²) in [7, 11) is 0. The van der Waals surface area contributed by atoms with Crippen LogP contribution in [0.3, 0.4) is 0 Å². The lowest BCUT2D eigenvalue weighted by atomic mass is 10.1. The number of furan rings is 1. The van der Waals surface area contributed by atoms with Gasteiger partial charge in [-0.15, -0.1) is 6.58 Å². The second kappa shape index (κ2) is 5.18. The molecular weight excluding hydrogens is 164 g/mol. The molecule has 1 aromatic heterocycles. The van der Waals surface area contributed by atoms with Gasteiger partial charge in [-0.3, -0.25) is 0 Å². The van der Waals surface area contributed by atoms with Crippen LogP contribution in [-0.2, 0) is 4.79 Å². The van der Waals surface area contributed by atoms with Gasteiger partial charge in [0.15, 0.2) is 0 Å². The van der Waals surface area contributed by atoms with Crippen LogP contribution in [0.4, 0.5) is 0 Å². The molecule has 0 aliphatic rings. The van der Waals surface area contributed by atoms with E-state index in [-0.39, 0.29) is 0 Å². The highest BCUT2D eigenvalue weighted by atomic mass is 16.3. The predicted molar refractivity (Wildman–Crippen MR) is 51.9 cm³/mol. The molecule has 0 amide bonds. The smallest absolute Gasteiger partial charge is 0.140 e. The number of hydrogen-bond acceptors (Lipinski definition) is 2. The Hall–Kier alpha value is -1.53. The predicted octanol–water partition coefficient (Wildman–Crippen LogP) is 2.85. The second-order valence-corrected chi connectivity index (χ2v) is 2.74. The van der Waals surface area contributed by atoms with Crippen LogP contribution in [0.2, 0.25) is 0 Å². The topological polar surface area (TPSA) is 30.2 Å². The van der Waals surface area contributed by atoms with Crippen LogP contribution >= 0.6 is 0 Å². The molecule has 68 valence electrons. The van der Waals surface area contributed by atoms with E-state index in [2.05, 4.69) is 6.58 Å². The van der Waals surface area contributed by atoms with Crippen molar-refractivity contribution in [3.8, 4) is 0 Å². The fraction of sp³-hybridized carbons (Fsp3) is 0.273. The first-order valence-corrected chi connectivity index (χ1v) is 4.27. The number of carbonyl (C=O) groups excluding carboxylic acids is 1. The first-order chi connectivity index (χ1) is 6.38. The van der Waals surface area contributed by atoms with Crippen molar-refractivity contribution in [1.82, 2.24) is 0 Å². The van der Waals surface area contributed by atoms with Crippen molar-refractivity contribution in [3.63, 3.8) is 0 Å². The molecular formula is C11H12O2. The lowest BCUT2D eigenvalue weighted by Crippen LogP contribution is -1.82. The van der Waals surface area contributed by atoms with E-state index in [1.54, 1.807) is 18.4 Å². The molecule has 0 spiro atoms. The van der Waals surface area contributed by atoms with Gasteiger partial charge in [-0.05, 0) is 31.4 Å². The Bertz CT molecular complexity index is 303. The molecule has 0 fully saturated rings. The van der Waals surface area contributed by atoms with Crippen LogP contribution in [0.5, 0.6) is 0 Å². The Kier molecular flexibility index (Phi) is 3.80. The van der Waals surface area contributed by atoms with E-state index >= 15 is 0 Å².